The summed E-state index contributed by atoms with van der Waals surface area (Å²) in [5, 5.41) is 6.29. The van der Waals surface area contributed by atoms with Crippen LogP contribution in [0.1, 0.15) is 19.3 Å². The SMILES string of the molecule is O=P(O)(O)C(O)(CCCCn1ccnc1)P(=O)(O)O. The van der Waals surface area contributed by atoms with Gasteiger partial charge in [0.15, 0.2) is 0 Å². The zero-order chi connectivity index (χ0) is 14.7. The fourth-order valence-electron chi connectivity index (χ4n) is 1.54. The lowest BCUT2D eigenvalue weighted by Gasteiger charge is -2.29. The molecule has 0 aliphatic carbocycles. The zero-order valence-corrected chi connectivity index (χ0v) is 11.7. The number of aliphatic hydroxyl groups is 1. The minimum absolute atomic E-state index is 0.0465. The van der Waals surface area contributed by atoms with Gasteiger partial charge in [-0.05, 0) is 19.3 Å². The summed E-state index contributed by atoms with van der Waals surface area (Å²) >= 11 is 0. The Morgan fingerprint density at radius 3 is 2.11 bits per heavy atom. The van der Waals surface area contributed by atoms with Crippen molar-refractivity contribution < 1.29 is 33.8 Å². The summed E-state index contributed by atoms with van der Waals surface area (Å²) in [6, 6.07) is 0. The molecule has 0 aliphatic heterocycles. The topological polar surface area (TPSA) is 153 Å². The summed E-state index contributed by atoms with van der Waals surface area (Å²) in [7, 11) is -10.7. The summed E-state index contributed by atoms with van der Waals surface area (Å²) in [5.41, 5.74) is 0. The maximum Gasteiger partial charge on any atom is 0.369 e. The summed E-state index contributed by atoms with van der Waals surface area (Å²) < 4.78 is 23.8. The number of unbranched alkanes of at least 4 members (excludes halogenated alkanes) is 1. The Balaban J connectivity index is 2.61. The summed E-state index contributed by atoms with van der Waals surface area (Å²) in [4.78, 5) is 39.4. The highest BCUT2D eigenvalue weighted by Crippen LogP contribution is 2.69. The van der Waals surface area contributed by atoms with Crippen LogP contribution in [-0.4, -0.2) is 39.3 Å². The van der Waals surface area contributed by atoms with Crippen LogP contribution in [0.2, 0.25) is 0 Å². The maximum atomic E-state index is 11.1. The van der Waals surface area contributed by atoms with E-state index in [0.717, 1.165) is 0 Å². The van der Waals surface area contributed by atoms with E-state index in [1.165, 1.54) is 6.33 Å². The monoisotopic (exact) mass is 314 g/mol. The normalized spacial score (nSPS) is 13.7. The average molecular weight is 314 g/mol. The first kappa shape index (κ1) is 16.5. The molecule has 1 aromatic heterocycles. The van der Waals surface area contributed by atoms with Gasteiger partial charge in [0.25, 0.3) is 5.08 Å². The Hall–Kier alpha value is -0.530. The quantitative estimate of drug-likeness (QED) is 0.349. The van der Waals surface area contributed by atoms with Gasteiger partial charge in [0, 0.05) is 18.9 Å². The number of aromatic nitrogens is 2. The Kier molecular flexibility index (Phi) is 5.08. The molecule has 0 unspecified atom stereocenters. The van der Waals surface area contributed by atoms with E-state index >= 15 is 0 Å². The lowest BCUT2D eigenvalue weighted by molar-refractivity contribution is 0.120. The third kappa shape index (κ3) is 3.97. The van der Waals surface area contributed by atoms with Crippen LogP contribution >= 0.6 is 15.2 Å². The van der Waals surface area contributed by atoms with Gasteiger partial charge in [-0.15, -0.1) is 0 Å². The molecule has 19 heavy (non-hydrogen) atoms. The minimum Gasteiger partial charge on any atom is -0.368 e. The first-order valence-electron chi connectivity index (χ1n) is 5.37. The van der Waals surface area contributed by atoms with Gasteiger partial charge in [-0.25, -0.2) is 4.98 Å². The van der Waals surface area contributed by atoms with Crippen LogP contribution in [0.3, 0.4) is 0 Å². The molecule has 0 aromatic carbocycles. The van der Waals surface area contributed by atoms with Gasteiger partial charge < -0.3 is 29.2 Å². The molecule has 5 N–H and O–H groups in total. The van der Waals surface area contributed by atoms with Crippen LogP contribution in [0.25, 0.3) is 0 Å². The second-order valence-electron chi connectivity index (χ2n) is 4.12. The van der Waals surface area contributed by atoms with Gasteiger partial charge >= 0.3 is 15.2 Å². The molecule has 0 saturated carbocycles. The molecule has 0 saturated heterocycles. The van der Waals surface area contributed by atoms with Gasteiger partial charge in [-0.2, -0.15) is 0 Å². The summed E-state index contributed by atoms with van der Waals surface area (Å²) in [6.07, 6.45) is 4.53. The van der Waals surface area contributed by atoms with Gasteiger partial charge in [-0.1, -0.05) is 0 Å². The molecule has 9 nitrogen and oxygen atoms in total. The smallest absolute Gasteiger partial charge is 0.368 e. The second-order valence-corrected chi connectivity index (χ2v) is 8.13. The van der Waals surface area contributed by atoms with Crippen LogP contribution in [0.5, 0.6) is 0 Å². The van der Waals surface area contributed by atoms with Gasteiger partial charge in [0.1, 0.15) is 0 Å². The molecule has 0 spiro atoms. The fraction of sp³-hybridized carbons (Fsp3) is 0.625. The molecule has 1 heterocycles. The molecule has 1 aromatic rings. The number of aryl methyl sites for hydroxylation is 1. The van der Waals surface area contributed by atoms with E-state index in [0.29, 0.717) is 13.0 Å². The zero-order valence-electron chi connectivity index (χ0n) is 9.90. The third-order valence-corrected chi connectivity index (χ3v) is 6.55. The Morgan fingerprint density at radius 2 is 1.68 bits per heavy atom. The van der Waals surface area contributed by atoms with Gasteiger partial charge in [0.2, 0.25) is 0 Å². The van der Waals surface area contributed by atoms with Crippen molar-refractivity contribution in [1.29, 1.82) is 0 Å². The van der Waals surface area contributed by atoms with Crippen LogP contribution in [0.4, 0.5) is 0 Å². The van der Waals surface area contributed by atoms with Crippen molar-refractivity contribution in [3.05, 3.63) is 18.7 Å². The second kappa shape index (κ2) is 5.85. The summed E-state index contributed by atoms with van der Waals surface area (Å²) in [6.45, 7) is 0.471. The molecule has 0 bridgehead atoms. The first-order chi connectivity index (χ1) is 8.58. The molecule has 0 aliphatic rings. The van der Waals surface area contributed by atoms with Gasteiger partial charge in [0.05, 0.1) is 6.33 Å². The van der Waals surface area contributed by atoms with Crippen LogP contribution in [0.15, 0.2) is 18.7 Å². The molecule has 11 heteroatoms. The van der Waals surface area contributed by atoms with E-state index in [-0.39, 0.29) is 6.42 Å². The van der Waals surface area contributed by atoms with E-state index in [1.807, 2.05) is 0 Å². The molecular formula is C8H16N2O7P2. The van der Waals surface area contributed by atoms with E-state index in [4.69, 9.17) is 19.6 Å². The predicted octanol–water partition coefficient (Wildman–Crippen LogP) is 0.0549. The Bertz CT molecular complexity index is 469. The maximum absolute atomic E-state index is 11.1. The highest BCUT2D eigenvalue weighted by atomic mass is 31.2. The molecule has 0 atom stereocenters. The van der Waals surface area contributed by atoms with Crippen LogP contribution < -0.4 is 0 Å². The third-order valence-electron chi connectivity index (χ3n) is 2.67. The molecule has 110 valence electrons. The summed E-state index contributed by atoms with van der Waals surface area (Å²) in [5.74, 6) is 0. The fourth-order valence-corrected chi connectivity index (χ4v) is 3.79. The highest BCUT2D eigenvalue weighted by molar-refractivity contribution is 7.72. The van der Waals surface area contributed by atoms with E-state index in [1.54, 1.807) is 17.0 Å². The molecule has 0 radical (unpaired) electrons. The van der Waals surface area contributed by atoms with E-state index in [2.05, 4.69) is 4.98 Å². The Morgan fingerprint density at radius 1 is 1.11 bits per heavy atom. The highest BCUT2D eigenvalue weighted by Gasteiger charge is 2.58. The largest absolute Gasteiger partial charge is 0.369 e. The molecule has 0 fully saturated rings. The average Bonchev–Trinajstić information content (AvgIpc) is 2.73. The number of hydrogen-bond donors (Lipinski definition) is 5. The van der Waals surface area contributed by atoms with Crippen molar-refractivity contribution in [2.24, 2.45) is 0 Å². The lowest BCUT2D eigenvalue weighted by atomic mass is 10.2. The molecule has 0 amide bonds. The van der Waals surface area contributed by atoms with Crippen molar-refractivity contribution in [1.82, 2.24) is 9.55 Å². The molecular weight excluding hydrogens is 298 g/mol. The van der Waals surface area contributed by atoms with Crippen molar-refractivity contribution >= 4 is 15.2 Å². The van der Waals surface area contributed by atoms with Crippen molar-refractivity contribution in [2.75, 3.05) is 0 Å². The predicted molar refractivity (Wildman–Crippen MR) is 65.1 cm³/mol. The van der Waals surface area contributed by atoms with E-state index < -0.39 is 26.7 Å². The van der Waals surface area contributed by atoms with Crippen molar-refractivity contribution in [3.8, 4) is 0 Å². The number of imidazole rings is 1. The molecule has 1 rings (SSSR count). The van der Waals surface area contributed by atoms with E-state index in [9.17, 15) is 14.2 Å². The van der Waals surface area contributed by atoms with Crippen molar-refractivity contribution in [2.45, 2.75) is 30.9 Å². The van der Waals surface area contributed by atoms with Crippen LogP contribution in [-0.2, 0) is 15.7 Å². The van der Waals surface area contributed by atoms with Gasteiger partial charge in [-0.3, -0.25) is 9.13 Å². The Labute approximate surface area is 109 Å². The number of nitrogens with zero attached hydrogens (tertiary/aromatic N) is 2. The first-order valence-corrected chi connectivity index (χ1v) is 8.60. The number of hydrogen-bond acceptors (Lipinski definition) is 4. The van der Waals surface area contributed by atoms with Crippen molar-refractivity contribution in [3.63, 3.8) is 0 Å². The standard InChI is InChI=1S/C8H16N2O7P2/c11-8(18(12,13)14,19(15,16)17)3-1-2-5-10-6-4-9-7-10/h4,6-7,11H,1-3,5H2,(H2,12,13,14)(H2,15,16,17). The number of rotatable bonds is 7. The minimum atomic E-state index is -5.34. The lowest BCUT2D eigenvalue weighted by Crippen LogP contribution is -2.28. The van der Waals surface area contributed by atoms with Crippen LogP contribution in [0, 0.1) is 0 Å².